The van der Waals surface area contributed by atoms with Gasteiger partial charge in [-0.2, -0.15) is 13.2 Å². The zero-order valence-corrected chi connectivity index (χ0v) is 20.3. The van der Waals surface area contributed by atoms with Gasteiger partial charge < -0.3 is 10.2 Å². The Morgan fingerprint density at radius 1 is 1.19 bits per heavy atom. The van der Waals surface area contributed by atoms with Gasteiger partial charge >= 0.3 is 6.18 Å². The van der Waals surface area contributed by atoms with Crippen LogP contribution in [0.2, 0.25) is 0 Å². The second-order valence-electron chi connectivity index (χ2n) is 8.28. The van der Waals surface area contributed by atoms with E-state index in [1.807, 2.05) is 0 Å². The number of benzene rings is 1. The minimum absolute atomic E-state index is 0.0674. The number of amides is 1. The first-order valence-corrected chi connectivity index (χ1v) is 12.1. The number of nitrogens with one attached hydrogen (secondary N) is 1. The van der Waals surface area contributed by atoms with Gasteiger partial charge in [0.1, 0.15) is 17.2 Å². The van der Waals surface area contributed by atoms with Crippen molar-refractivity contribution >= 4 is 34.8 Å². The third-order valence-corrected chi connectivity index (χ3v) is 6.36. The van der Waals surface area contributed by atoms with E-state index < -0.39 is 52.4 Å². The van der Waals surface area contributed by atoms with E-state index >= 15 is 0 Å². The number of piperidine rings is 1. The van der Waals surface area contributed by atoms with Crippen molar-refractivity contribution in [2.75, 3.05) is 29.3 Å². The molecule has 36 heavy (non-hydrogen) atoms. The lowest BCUT2D eigenvalue weighted by atomic mass is 10.1. The Morgan fingerprint density at radius 2 is 1.81 bits per heavy atom. The standard InChI is InChI=1S/C23H25F5N4O3S/c1-14(16-12-17(24)21(18(25)13-16)31(2)36(34)35)29-20(33)9-7-15-6-8-19(23(26,27)28)30-22(15)32-10-4-3-5-11-32/h6-9,12-14H,3-5,10-11H2,1-2H3,(H,29,33)(H,34,35). The van der Waals surface area contributed by atoms with Crippen LogP contribution >= 0.6 is 0 Å². The fraction of sp³-hybridized carbons (Fsp3) is 0.391. The number of alkyl halides is 3. The van der Waals surface area contributed by atoms with E-state index in [4.69, 9.17) is 4.55 Å². The van der Waals surface area contributed by atoms with Gasteiger partial charge in [0.05, 0.1) is 6.04 Å². The molecule has 1 aliphatic rings. The van der Waals surface area contributed by atoms with Crippen LogP contribution in [-0.2, 0) is 22.2 Å². The summed E-state index contributed by atoms with van der Waals surface area (Å²) in [6.07, 6.45) is 0.439. The smallest absolute Gasteiger partial charge is 0.356 e. The van der Waals surface area contributed by atoms with Crippen LogP contribution in [0.25, 0.3) is 6.08 Å². The molecule has 0 saturated carbocycles. The highest BCUT2D eigenvalue weighted by Crippen LogP contribution is 2.32. The van der Waals surface area contributed by atoms with Gasteiger partial charge in [0.25, 0.3) is 11.3 Å². The van der Waals surface area contributed by atoms with Gasteiger partial charge in [-0.15, -0.1) is 0 Å². The van der Waals surface area contributed by atoms with Crippen molar-refractivity contribution in [2.24, 2.45) is 0 Å². The summed E-state index contributed by atoms with van der Waals surface area (Å²) in [6.45, 7) is 2.57. The normalized spacial score (nSPS) is 16.2. The molecule has 2 heterocycles. The van der Waals surface area contributed by atoms with Crippen LogP contribution in [0.5, 0.6) is 0 Å². The predicted octanol–water partition coefficient (Wildman–Crippen LogP) is 4.83. The van der Waals surface area contributed by atoms with Crippen LogP contribution in [0.1, 0.15) is 49.0 Å². The summed E-state index contributed by atoms with van der Waals surface area (Å²) in [7, 11) is 1.04. The van der Waals surface area contributed by atoms with Crippen LogP contribution in [0.15, 0.2) is 30.3 Å². The molecule has 2 aromatic rings. The van der Waals surface area contributed by atoms with Crippen molar-refractivity contribution in [1.29, 1.82) is 0 Å². The number of nitrogens with zero attached hydrogens (tertiary/aromatic N) is 3. The molecular formula is C23H25F5N4O3S. The Hall–Kier alpha value is -3.06. The monoisotopic (exact) mass is 532 g/mol. The molecule has 2 unspecified atom stereocenters. The molecule has 0 radical (unpaired) electrons. The number of halogens is 5. The highest BCUT2D eigenvalue weighted by atomic mass is 32.2. The molecule has 0 spiro atoms. The summed E-state index contributed by atoms with van der Waals surface area (Å²) >= 11 is -2.64. The van der Waals surface area contributed by atoms with Gasteiger partial charge in [-0.1, -0.05) is 0 Å². The number of hydrogen-bond acceptors (Lipinski definition) is 4. The maximum Gasteiger partial charge on any atom is 0.433 e. The second-order valence-corrected chi connectivity index (χ2v) is 9.29. The fourth-order valence-corrected chi connectivity index (χ4v) is 4.16. The quantitative estimate of drug-likeness (QED) is 0.303. The number of hydrogen-bond donors (Lipinski definition) is 2. The third-order valence-electron chi connectivity index (χ3n) is 5.71. The molecule has 2 atom stereocenters. The van der Waals surface area contributed by atoms with Crippen LogP contribution < -0.4 is 14.5 Å². The summed E-state index contributed by atoms with van der Waals surface area (Å²) in [4.78, 5) is 18.0. The average Bonchev–Trinajstić information content (AvgIpc) is 2.81. The topological polar surface area (TPSA) is 85.8 Å². The van der Waals surface area contributed by atoms with Crippen LogP contribution in [0.3, 0.4) is 0 Å². The maximum atomic E-state index is 14.4. The molecule has 13 heteroatoms. The van der Waals surface area contributed by atoms with E-state index in [2.05, 4.69) is 10.3 Å². The molecule has 1 amide bonds. The first-order valence-electron chi connectivity index (χ1n) is 11.0. The molecule has 1 fully saturated rings. The molecule has 3 rings (SSSR count). The molecule has 1 aromatic heterocycles. The molecule has 2 N–H and O–H groups in total. The van der Waals surface area contributed by atoms with Gasteiger partial charge in [-0.05, 0) is 62.1 Å². The van der Waals surface area contributed by atoms with Gasteiger partial charge in [0.15, 0.2) is 11.6 Å². The Labute approximate surface area is 207 Å². The second kappa shape index (κ2) is 11.3. The SMILES string of the molecule is CC(NC(=O)C=Cc1ccc(C(F)(F)F)nc1N1CCCCC1)c1cc(F)c(N(C)S(=O)O)c(F)c1. The fourth-order valence-electron chi connectivity index (χ4n) is 3.83. The average molecular weight is 533 g/mol. The number of rotatable bonds is 7. The van der Waals surface area contributed by atoms with Crippen LogP contribution in [-0.4, -0.2) is 39.8 Å². The van der Waals surface area contributed by atoms with E-state index in [-0.39, 0.29) is 11.4 Å². The minimum atomic E-state index is -4.61. The number of pyridine rings is 1. The Kier molecular flexibility index (Phi) is 8.67. The van der Waals surface area contributed by atoms with Crippen molar-refractivity contribution in [3.63, 3.8) is 0 Å². The van der Waals surface area contributed by atoms with Gasteiger partial charge in [-0.3, -0.25) is 13.7 Å². The maximum absolute atomic E-state index is 14.4. The molecular weight excluding hydrogens is 507 g/mol. The summed E-state index contributed by atoms with van der Waals surface area (Å²) < 4.78 is 89.1. The van der Waals surface area contributed by atoms with Gasteiger partial charge in [-0.25, -0.2) is 18.0 Å². The number of anilines is 2. The van der Waals surface area contributed by atoms with Crippen molar-refractivity contribution in [2.45, 2.75) is 38.4 Å². The largest absolute Gasteiger partial charge is 0.433 e. The van der Waals surface area contributed by atoms with Crippen molar-refractivity contribution in [3.8, 4) is 0 Å². The van der Waals surface area contributed by atoms with Crippen molar-refractivity contribution in [3.05, 3.63) is 58.8 Å². The highest BCUT2D eigenvalue weighted by molar-refractivity contribution is 7.80. The minimum Gasteiger partial charge on any atom is -0.356 e. The summed E-state index contributed by atoms with van der Waals surface area (Å²) in [6, 6.07) is 3.11. The van der Waals surface area contributed by atoms with Gasteiger partial charge in [0.2, 0.25) is 5.91 Å². The van der Waals surface area contributed by atoms with E-state index in [1.54, 1.807) is 4.90 Å². The number of carbonyl (C=O) groups excluding carboxylic acids is 1. The molecule has 1 aromatic carbocycles. The van der Waals surface area contributed by atoms with E-state index in [9.17, 15) is 31.0 Å². The molecule has 1 saturated heterocycles. The third kappa shape index (κ3) is 6.58. The summed E-state index contributed by atoms with van der Waals surface area (Å²) in [5, 5.41) is 2.53. The Morgan fingerprint density at radius 3 is 2.36 bits per heavy atom. The lowest BCUT2D eigenvalue weighted by molar-refractivity contribution is -0.141. The Bertz CT molecular complexity index is 1150. The lowest BCUT2D eigenvalue weighted by Gasteiger charge is -2.29. The highest BCUT2D eigenvalue weighted by Gasteiger charge is 2.33. The number of aromatic nitrogens is 1. The van der Waals surface area contributed by atoms with Crippen molar-refractivity contribution in [1.82, 2.24) is 10.3 Å². The molecule has 0 aliphatic carbocycles. The zero-order valence-electron chi connectivity index (χ0n) is 19.5. The van der Waals surface area contributed by atoms with Crippen molar-refractivity contribution < 1.29 is 35.5 Å². The van der Waals surface area contributed by atoms with Crippen LogP contribution in [0.4, 0.5) is 33.5 Å². The molecule has 196 valence electrons. The predicted molar refractivity (Wildman–Crippen MR) is 126 cm³/mol. The first-order chi connectivity index (χ1) is 16.9. The first kappa shape index (κ1) is 27.5. The van der Waals surface area contributed by atoms with Gasteiger partial charge in [0, 0.05) is 31.8 Å². The van der Waals surface area contributed by atoms with E-state index in [0.29, 0.717) is 23.0 Å². The molecule has 1 aliphatic heterocycles. The lowest BCUT2D eigenvalue weighted by Crippen LogP contribution is -2.31. The van der Waals surface area contributed by atoms with E-state index in [0.717, 1.165) is 50.6 Å². The van der Waals surface area contributed by atoms with E-state index in [1.165, 1.54) is 19.1 Å². The number of carbonyl (C=O) groups is 1. The van der Waals surface area contributed by atoms with Crippen LogP contribution in [0, 0.1) is 11.6 Å². The summed E-state index contributed by atoms with van der Waals surface area (Å²) in [5.41, 5.74) is -1.33. The molecule has 0 bridgehead atoms. The summed E-state index contributed by atoms with van der Waals surface area (Å²) in [5.74, 6) is -2.70. The zero-order chi connectivity index (χ0) is 26.6. The Balaban J connectivity index is 1.79. The molecule has 7 nitrogen and oxygen atoms in total.